The van der Waals surface area contributed by atoms with Gasteiger partial charge in [-0.25, -0.2) is 4.79 Å². The largest absolute Gasteiger partial charge is 0.409 e. The summed E-state index contributed by atoms with van der Waals surface area (Å²) in [4.78, 5) is 12.9. The number of carbonyl (C=O) groups excluding carboxylic acids is 1. The first kappa shape index (κ1) is 12.8. The van der Waals surface area contributed by atoms with Crippen molar-refractivity contribution in [2.24, 2.45) is 10.9 Å². The van der Waals surface area contributed by atoms with Crippen LogP contribution >= 0.6 is 0 Å². The van der Waals surface area contributed by atoms with Crippen molar-refractivity contribution in [2.75, 3.05) is 19.4 Å². The van der Waals surface area contributed by atoms with Crippen LogP contribution in [0.5, 0.6) is 0 Å². The van der Waals surface area contributed by atoms with Crippen molar-refractivity contribution in [2.45, 2.75) is 6.92 Å². The Bertz CT molecular complexity index is 455. The Morgan fingerprint density at radius 1 is 1.47 bits per heavy atom. The summed E-state index contributed by atoms with van der Waals surface area (Å²) in [5.74, 6) is 0.00496. The number of amides is 2. The summed E-state index contributed by atoms with van der Waals surface area (Å²) in [7, 11) is 3.30. The Hall–Kier alpha value is -2.24. The molecule has 17 heavy (non-hydrogen) atoms. The number of oxime groups is 1. The lowest BCUT2D eigenvalue weighted by atomic mass is 10.1. The molecule has 92 valence electrons. The quantitative estimate of drug-likeness (QED) is 0.312. The highest BCUT2D eigenvalue weighted by Crippen LogP contribution is 2.17. The molecule has 2 amide bonds. The lowest BCUT2D eigenvalue weighted by Crippen LogP contribution is -2.27. The predicted octanol–water partition coefficient (Wildman–Crippen LogP) is 1.18. The minimum atomic E-state index is -0.232. The van der Waals surface area contributed by atoms with E-state index in [2.05, 4.69) is 10.5 Å². The van der Waals surface area contributed by atoms with Gasteiger partial charge >= 0.3 is 6.03 Å². The van der Waals surface area contributed by atoms with Crippen molar-refractivity contribution in [3.05, 3.63) is 29.3 Å². The molecular formula is C11H16N4O2. The maximum Gasteiger partial charge on any atom is 0.321 e. The number of carbonyl (C=O) groups is 1. The summed E-state index contributed by atoms with van der Waals surface area (Å²) < 4.78 is 0. The maximum atomic E-state index is 11.5. The normalized spacial score (nSPS) is 11.1. The van der Waals surface area contributed by atoms with Crippen LogP contribution in [-0.2, 0) is 0 Å². The van der Waals surface area contributed by atoms with Crippen LogP contribution in [-0.4, -0.2) is 36.1 Å². The number of amidine groups is 1. The molecule has 0 saturated heterocycles. The number of rotatable bonds is 2. The molecule has 1 aromatic rings. The molecule has 0 atom stereocenters. The van der Waals surface area contributed by atoms with Gasteiger partial charge in [0.2, 0.25) is 0 Å². The van der Waals surface area contributed by atoms with Crippen LogP contribution in [0.1, 0.15) is 11.1 Å². The molecule has 0 saturated carbocycles. The lowest BCUT2D eigenvalue weighted by molar-refractivity contribution is 0.230. The van der Waals surface area contributed by atoms with Gasteiger partial charge in [-0.3, -0.25) is 0 Å². The van der Waals surface area contributed by atoms with Crippen molar-refractivity contribution in [3.8, 4) is 0 Å². The van der Waals surface area contributed by atoms with Gasteiger partial charge in [0, 0.05) is 25.3 Å². The molecule has 0 aromatic heterocycles. The highest BCUT2D eigenvalue weighted by molar-refractivity contribution is 5.99. The number of nitrogens with one attached hydrogen (secondary N) is 1. The number of benzene rings is 1. The summed E-state index contributed by atoms with van der Waals surface area (Å²) in [6.07, 6.45) is 0. The van der Waals surface area contributed by atoms with Gasteiger partial charge < -0.3 is 21.2 Å². The number of nitrogens with zero attached hydrogens (tertiary/aromatic N) is 2. The average Bonchev–Trinajstić information content (AvgIpc) is 2.30. The molecule has 1 rings (SSSR count). The van der Waals surface area contributed by atoms with Crippen molar-refractivity contribution < 1.29 is 10.0 Å². The van der Waals surface area contributed by atoms with Gasteiger partial charge in [0.25, 0.3) is 0 Å². The maximum absolute atomic E-state index is 11.5. The van der Waals surface area contributed by atoms with E-state index in [1.165, 1.54) is 4.90 Å². The third kappa shape index (κ3) is 3.10. The second-order valence-electron chi connectivity index (χ2n) is 3.84. The molecule has 0 unspecified atom stereocenters. The molecule has 0 spiro atoms. The smallest absolute Gasteiger partial charge is 0.321 e. The van der Waals surface area contributed by atoms with E-state index in [1.54, 1.807) is 32.3 Å². The lowest BCUT2D eigenvalue weighted by Gasteiger charge is -2.14. The van der Waals surface area contributed by atoms with E-state index < -0.39 is 0 Å². The summed E-state index contributed by atoms with van der Waals surface area (Å²) in [6.45, 7) is 1.86. The van der Waals surface area contributed by atoms with E-state index in [0.717, 1.165) is 5.56 Å². The van der Waals surface area contributed by atoms with E-state index in [4.69, 9.17) is 10.9 Å². The molecule has 6 nitrogen and oxygen atoms in total. The summed E-state index contributed by atoms with van der Waals surface area (Å²) in [5, 5.41) is 14.2. The van der Waals surface area contributed by atoms with E-state index >= 15 is 0 Å². The van der Waals surface area contributed by atoms with E-state index in [-0.39, 0.29) is 11.9 Å². The molecule has 6 heteroatoms. The van der Waals surface area contributed by atoms with Crippen molar-refractivity contribution in [3.63, 3.8) is 0 Å². The van der Waals surface area contributed by atoms with Crippen LogP contribution in [0, 0.1) is 6.92 Å². The Morgan fingerprint density at radius 3 is 2.65 bits per heavy atom. The van der Waals surface area contributed by atoms with Crippen LogP contribution in [0.25, 0.3) is 0 Å². The fourth-order valence-electron chi connectivity index (χ4n) is 1.20. The first-order valence-corrected chi connectivity index (χ1v) is 5.02. The summed E-state index contributed by atoms with van der Waals surface area (Å²) >= 11 is 0. The number of urea groups is 1. The van der Waals surface area contributed by atoms with Crippen molar-refractivity contribution >= 4 is 17.6 Å². The monoisotopic (exact) mass is 236 g/mol. The fraction of sp³-hybridized carbons (Fsp3) is 0.273. The second kappa shape index (κ2) is 5.20. The van der Waals surface area contributed by atoms with E-state index in [0.29, 0.717) is 11.3 Å². The molecule has 0 radical (unpaired) electrons. The van der Waals surface area contributed by atoms with Gasteiger partial charge in [0.15, 0.2) is 5.84 Å². The first-order chi connectivity index (χ1) is 7.95. The summed E-state index contributed by atoms with van der Waals surface area (Å²) in [5.41, 5.74) is 7.56. The van der Waals surface area contributed by atoms with E-state index in [1.807, 2.05) is 6.92 Å². The SMILES string of the molecule is Cc1ccc(C(N)=NO)cc1NC(=O)N(C)C. The third-order valence-corrected chi connectivity index (χ3v) is 2.29. The Balaban J connectivity index is 3.03. The minimum absolute atomic E-state index is 0.00496. The zero-order valence-corrected chi connectivity index (χ0v) is 10.1. The van der Waals surface area contributed by atoms with Gasteiger partial charge in [-0.1, -0.05) is 17.3 Å². The fourth-order valence-corrected chi connectivity index (χ4v) is 1.20. The van der Waals surface area contributed by atoms with Crippen LogP contribution in [0.2, 0.25) is 0 Å². The molecule has 1 aromatic carbocycles. The van der Waals surface area contributed by atoms with Crippen molar-refractivity contribution in [1.29, 1.82) is 0 Å². The number of aryl methyl sites for hydroxylation is 1. The molecule has 0 aliphatic heterocycles. The van der Waals surface area contributed by atoms with Crippen LogP contribution in [0.3, 0.4) is 0 Å². The van der Waals surface area contributed by atoms with Crippen LogP contribution in [0.4, 0.5) is 10.5 Å². The van der Waals surface area contributed by atoms with E-state index in [9.17, 15) is 4.79 Å². The van der Waals surface area contributed by atoms with Gasteiger partial charge in [0.05, 0.1) is 0 Å². The molecule has 0 aliphatic rings. The van der Waals surface area contributed by atoms with Gasteiger partial charge in [-0.15, -0.1) is 0 Å². The zero-order chi connectivity index (χ0) is 13.0. The molecule has 0 bridgehead atoms. The minimum Gasteiger partial charge on any atom is -0.409 e. The van der Waals surface area contributed by atoms with Gasteiger partial charge in [0.1, 0.15) is 0 Å². The van der Waals surface area contributed by atoms with Gasteiger partial charge in [-0.05, 0) is 18.6 Å². The van der Waals surface area contributed by atoms with Crippen molar-refractivity contribution in [1.82, 2.24) is 4.90 Å². The molecule has 0 fully saturated rings. The standard InChI is InChI=1S/C11H16N4O2/c1-7-4-5-8(10(12)14-17)6-9(7)13-11(16)15(2)3/h4-6,17H,1-3H3,(H2,12,14)(H,13,16). The van der Waals surface area contributed by atoms with Crippen LogP contribution < -0.4 is 11.1 Å². The topological polar surface area (TPSA) is 91.0 Å². The first-order valence-electron chi connectivity index (χ1n) is 5.02. The number of nitrogens with two attached hydrogens (primary N) is 1. The molecule has 4 N–H and O–H groups in total. The molecule has 0 aliphatic carbocycles. The number of hydrogen-bond donors (Lipinski definition) is 3. The Kier molecular flexibility index (Phi) is 3.92. The molecular weight excluding hydrogens is 220 g/mol. The number of anilines is 1. The van der Waals surface area contributed by atoms with Crippen LogP contribution in [0.15, 0.2) is 23.4 Å². The Morgan fingerprint density at radius 2 is 2.12 bits per heavy atom. The predicted molar refractivity (Wildman–Crippen MR) is 66.4 cm³/mol. The summed E-state index contributed by atoms with van der Waals surface area (Å²) in [6, 6.07) is 4.94. The van der Waals surface area contributed by atoms with Gasteiger partial charge in [-0.2, -0.15) is 0 Å². The molecule has 0 heterocycles. The average molecular weight is 236 g/mol. The Labute approximate surface area is 99.7 Å². The second-order valence-corrected chi connectivity index (χ2v) is 3.84. The highest BCUT2D eigenvalue weighted by atomic mass is 16.4. The highest BCUT2D eigenvalue weighted by Gasteiger charge is 2.08. The zero-order valence-electron chi connectivity index (χ0n) is 10.1. The third-order valence-electron chi connectivity index (χ3n) is 2.29. The number of hydrogen-bond acceptors (Lipinski definition) is 3.